The highest BCUT2D eigenvalue weighted by Gasteiger charge is 2.42. The topological polar surface area (TPSA) is 78.0 Å². The summed E-state index contributed by atoms with van der Waals surface area (Å²) in [5.74, 6) is 2.08. The number of nitrogens with zero attached hydrogens (tertiary/aromatic N) is 5. The summed E-state index contributed by atoms with van der Waals surface area (Å²) in [4.78, 5) is 25.6. The minimum Gasteiger partial charge on any atom is -0.356 e. The van der Waals surface area contributed by atoms with E-state index in [1.165, 1.54) is 0 Å². The van der Waals surface area contributed by atoms with E-state index in [4.69, 9.17) is 0 Å². The average molecular weight is 326 g/mol. The van der Waals surface area contributed by atoms with Crippen LogP contribution in [0.5, 0.6) is 0 Å². The fraction of sp³-hybridized carbons (Fsp3) is 0.529. The smallest absolute Gasteiger partial charge is 0.274 e. The van der Waals surface area contributed by atoms with Crippen LogP contribution < -0.4 is 4.90 Å². The van der Waals surface area contributed by atoms with Crippen LogP contribution in [0.25, 0.3) is 0 Å². The molecule has 4 rings (SSSR count). The quantitative estimate of drug-likeness (QED) is 0.901. The first-order valence-electron chi connectivity index (χ1n) is 8.37. The molecule has 2 atom stereocenters. The molecule has 2 unspecified atom stereocenters. The summed E-state index contributed by atoms with van der Waals surface area (Å²) in [6, 6.07) is 1.82. The van der Waals surface area contributed by atoms with E-state index in [1.807, 2.05) is 24.8 Å². The van der Waals surface area contributed by atoms with E-state index in [9.17, 15) is 4.79 Å². The Bertz CT molecular complexity index is 771. The van der Waals surface area contributed by atoms with Gasteiger partial charge in [-0.25, -0.2) is 9.97 Å². The van der Waals surface area contributed by atoms with Crippen LogP contribution in [0, 0.1) is 32.6 Å². The minimum absolute atomic E-state index is 0.0364. The lowest BCUT2D eigenvalue weighted by molar-refractivity contribution is 0.0776. The number of rotatable bonds is 2. The van der Waals surface area contributed by atoms with Crippen LogP contribution >= 0.6 is 0 Å². The Hall–Kier alpha value is -2.44. The molecule has 2 aliphatic rings. The number of H-pyrrole nitrogens is 1. The van der Waals surface area contributed by atoms with Crippen molar-refractivity contribution < 1.29 is 4.79 Å². The number of aromatic amines is 1. The minimum atomic E-state index is 0.0364. The maximum Gasteiger partial charge on any atom is 0.274 e. The lowest BCUT2D eigenvalue weighted by Crippen LogP contribution is -2.34. The molecular weight excluding hydrogens is 304 g/mol. The van der Waals surface area contributed by atoms with Gasteiger partial charge in [-0.05, 0) is 26.8 Å². The fourth-order valence-corrected chi connectivity index (χ4v) is 3.87. The second-order valence-electron chi connectivity index (χ2n) is 6.98. The van der Waals surface area contributed by atoms with Gasteiger partial charge in [-0.1, -0.05) is 0 Å². The van der Waals surface area contributed by atoms with Crippen molar-refractivity contribution in [3.63, 3.8) is 0 Å². The summed E-state index contributed by atoms with van der Waals surface area (Å²) in [6.45, 7) is 9.51. The molecule has 24 heavy (non-hydrogen) atoms. The third kappa shape index (κ3) is 2.44. The van der Waals surface area contributed by atoms with Crippen LogP contribution in [0.2, 0.25) is 0 Å². The summed E-state index contributed by atoms with van der Waals surface area (Å²) in [6.07, 6.45) is 1.64. The highest BCUT2D eigenvalue weighted by Crippen LogP contribution is 2.35. The Morgan fingerprint density at radius 3 is 2.46 bits per heavy atom. The number of fused-ring (bicyclic) bond motifs is 1. The Labute approximate surface area is 141 Å². The second-order valence-corrected chi connectivity index (χ2v) is 6.98. The summed E-state index contributed by atoms with van der Waals surface area (Å²) in [7, 11) is 0. The maximum atomic E-state index is 12.6. The monoisotopic (exact) mass is 326 g/mol. The van der Waals surface area contributed by atoms with Crippen molar-refractivity contribution in [1.29, 1.82) is 0 Å². The molecule has 126 valence electrons. The van der Waals surface area contributed by atoms with Gasteiger partial charge in [0.15, 0.2) is 0 Å². The number of likely N-dealkylation sites (tertiary alicyclic amines) is 1. The van der Waals surface area contributed by atoms with E-state index >= 15 is 0 Å². The standard InChI is InChI=1S/C17H22N6O/c1-10-4-15(21-20-10)17(24)23-7-13-5-22(6-14(13)8-23)16-11(2)12(3)18-9-19-16/h4,9,13-14H,5-8H2,1-3H3,(H,20,21). The molecular formula is C17H22N6O. The number of hydrogen-bond donors (Lipinski definition) is 1. The van der Waals surface area contributed by atoms with Gasteiger partial charge in [-0.15, -0.1) is 0 Å². The van der Waals surface area contributed by atoms with Crippen LogP contribution in [-0.4, -0.2) is 57.2 Å². The van der Waals surface area contributed by atoms with Crippen molar-refractivity contribution in [3.8, 4) is 0 Å². The highest BCUT2D eigenvalue weighted by atomic mass is 16.2. The third-order valence-corrected chi connectivity index (χ3v) is 5.31. The van der Waals surface area contributed by atoms with Crippen molar-refractivity contribution in [2.45, 2.75) is 20.8 Å². The van der Waals surface area contributed by atoms with Gasteiger partial charge >= 0.3 is 0 Å². The first-order valence-corrected chi connectivity index (χ1v) is 8.37. The van der Waals surface area contributed by atoms with E-state index in [-0.39, 0.29) is 5.91 Å². The molecule has 2 aromatic heterocycles. The maximum absolute atomic E-state index is 12.6. The van der Waals surface area contributed by atoms with Gasteiger partial charge in [0, 0.05) is 55.0 Å². The molecule has 2 aromatic rings. The van der Waals surface area contributed by atoms with E-state index < -0.39 is 0 Å². The number of carbonyl (C=O) groups is 1. The van der Waals surface area contributed by atoms with Crippen molar-refractivity contribution in [2.75, 3.05) is 31.1 Å². The van der Waals surface area contributed by atoms with Gasteiger partial charge in [-0.2, -0.15) is 5.10 Å². The zero-order valence-electron chi connectivity index (χ0n) is 14.3. The Kier molecular flexibility index (Phi) is 3.51. The normalized spacial score (nSPS) is 23.0. The molecule has 4 heterocycles. The molecule has 1 N–H and O–H groups in total. The van der Waals surface area contributed by atoms with E-state index in [0.717, 1.165) is 48.9 Å². The molecule has 0 aromatic carbocycles. The van der Waals surface area contributed by atoms with Crippen LogP contribution in [-0.2, 0) is 0 Å². The molecule has 1 amide bonds. The number of aromatic nitrogens is 4. The average Bonchev–Trinajstić information content (AvgIpc) is 3.23. The lowest BCUT2D eigenvalue weighted by atomic mass is 10.0. The fourth-order valence-electron chi connectivity index (χ4n) is 3.87. The first kappa shape index (κ1) is 15.1. The molecule has 2 saturated heterocycles. The summed E-state index contributed by atoms with van der Waals surface area (Å²) in [5, 5.41) is 6.94. The largest absolute Gasteiger partial charge is 0.356 e. The number of hydrogen-bond acceptors (Lipinski definition) is 5. The van der Waals surface area contributed by atoms with Gasteiger partial charge in [0.1, 0.15) is 17.8 Å². The SMILES string of the molecule is Cc1cc(C(=O)N2CC3CN(c4ncnc(C)c4C)CC3C2)n[nH]1. The zero-order chi connectivity index (χ0) is 16.8. The number of aryl methyl sites for hydroxylation is 2. The predicted octanol–water partition coefficient (Wildman–Crippen LogP) is 1.33. The van der Waals surface area contributed by atoms with Gasteiger partial charge in [-0.3, -0.25) is 9.89 Å². The van der Waals surface area contributed by atoms with E-state index in [1.54, 1.807) is 6.33 Å². The first-order chi connectivity index (χ1) is 11.5. The third-order valence-electron chi connectivity index (χ3n) is 5.31. The molecule has 7 heteroatoms. The Balaban J connectivity index is 1.45. The number of amides is 1. The highest BCUT2D eigenvalue weighted by molar-refractivity contribution is 5.92. The molecule has 2 aliphatic heterocycles. The number of carbonyl (C=O) groups excluding carboxylic acids is 1. The molecule has 0 bridgehead atoms. The summed E-state index contributed by atoms with van der Waals surface area (Å²) >= 11 is 0. The molecule has 0 saturated carbocycles. The number of nitrogens with one attached hydrogen (secondary N) is 1. The van der Waals surface area contributed by atoms with E-state index in [0.29, 0.717) is 17.5 Å². The molecule has 0 aliphatic carbocycles. The van der Waals surface area contributed by atoms with Crippen LogP contribution in [0.4, 0.5) is 5.82 Å². The van der Waals surface area contributed by atoms with Gasteiger partial charge in [0.05, 0.1) is 0 Å². The van der Waals surface area contributed by atoms with Gasteiger partial charge in [0.25, 0.3) is 5.91 Å². The summed E-state index contributed by atoms with van der Waals surface area (Å²) < 4.78 is 0. The molecule has 0 spiro atoms. The van der Waals surface area contributed by atoms with Crippen LogP contribution in [0.3, 0.4) is 0 Å². The zero-order valence-corrected chi connectivity index (χ0v) is 14.3. The number of anilines is 1. The molecule has 0 radical (unpaired) electrons. The van der Waals surface area contributed by atoms with Crippen LogP contribution in [0.15, 0.2) is 12.4 Å². The van der Waals surface area contributed by atoms with Crippen molar-refractivity contribution in [3.05, 3.63) is 35.0 Å². The summed E-state index contributed by atoms with van der Waals surface area (Å²) in [5.41, 5.74) is 3.62. The predicted molar refractivity (Wildman–Crippen MR) is 89.9 cm³/mol. The lowest BCUT2D eigenvalue weighted by Gasteiger charge is -2.23. The Morgan fingerprint density at radius 2 is 1.83 bits per heavy atom. The van der Waals surface area contributed by atoms with Gasteiger partial charge < -0.3 is 9.80 Å². The second kappa shape index (κ2) is 5.58. The van der Waals surface area contributed by atoms with Crippen molar-refractivity contribution >= 4 is 11.7 Å². The van der Waals surface area contributed by atoms with Crippen LogP contribution in [0.1, 0.15) is 27.4 Å². The molecule has 7 nitrogen and oxygen atoms in total. The molecule has 2 fully saturated rings. The van der Waals surface area contributed by atoms with Crippen molar-refractivity contribution in [1.82, 2.24) is 25.1 Å². The van der Waals surface area contributed by atoms with Gasteiger partial charge in [0.2, 0.25) is 0 Å². The van der Waals surface area contributed by atoms with E-state index in [2.05, 4.69) is 32.0 Å². The van der Waals surface area contributed by atoms with Crippen molar-refractivity contribution in [2.24, 2.45) is 11.8 Å². The Morgan fingerprint density at radius 1 is 1.12 bits per heavy atom.